The number of carbonyl (C=O) groups excluding carboxylic acids is 1. The molecule has 2 aromatic rings. The average Bonchev–Trinajstić information content (AvgIpc) is 2.78. The number of anilines is 3. The highest BCUT2D eigenvalue weighted by molar-refractivity contribution is 6.07. The van der Waals surface area contributed by atoms with Crippen molar-refractivity contribution in [1.82, 2.24) is 4.98 Å². The number of nitrogen functional groups attached to an aromatic ring is 1. The number of nitrogens with one attached hydrogen (secondary N) is 1. The molecule has 1 aromatic carbocycles. The minimum absolute atomic E-state index is 0.0642. The van der Waals surface area contributed by atoms with E-state index in [4.69, 9.17) is 10.5 Å². The number of hydrogen-bond acceptors (Lipinski definition) is 9. The van der Waals surface area contributed by atoms with Crippen LogP contribution in [0.5, 0.6) is 0 Å². The summed E-state index contributed by atoms with van der Waals surface area (Å²) < 4.78 is 5.42. The number of aliphatic hydroxyl groups is 1. The van der Waals surface area contributed by atoms with Crippen LogP contribution in [-0.4, -0.2) is 65.6 Å². The van der Waals surface area contributed by atoms with Gasteiger partial charge in [0.05, 0.1) is 40.7 Å². The third kappa shape index (κ3) is 6.70. The topological polar surface area (TPSA) is 156 Å². The molecule has 0 unspecified atom stereocenters. The van der Waals surface area contributed by atoms with E-state index in [1.54, 1.807) is 32.2 Å². The fourth-order valence-corrected chi connectivity index (χ4v) is 3.25. The van der Waals surface area contributed by atoms with Gasteiger partial charge in [0.1, 0.15) is 6.20 Å². The molecule has 0 aliphatic carbocycles. The highest BCUT2D eigenvalue weighted by Crippen LogP contribution is 2.32. The first-order valence-corrected chi connectivity index (χ1v) is 10.5. The molecule has 0 bridgehead atoms. The van der Waals surface area contributed by atoms with Crippen LogP contribution in [0.15, 0.2) is 35.6 Å². The highest BCUT2D eigenvalue weighted by atomic mass is 16.6. The minimum atomic E-state index is -0.825. The van der Waals surface area contributed by atoms with Crippen molar-refractivity contribution in [2.24, 2.45) is 4.99 Å². The molecule has 0 atom stereocenters. The zero-order chi connectivity index (χ0) is 24.0. The van der Waals surface area contributed by atoms with Crippen LogP contribution in [0.3, 0.4) is 0 Å². The molecule has 1 amide bonds. The molecule has 1 aromatic heterocycles. The normalized spacial score (nSPS) is 14.5. The number of hydrogen-bond donors (Lipinski definition) is 3. The smallest absolute Gasteiger partial charge is 0.288 e. The number of aliphatic imine (C=N–C) groups is 1. The molecule has 33 heavy (non-hydrogen) atoms. The summed E-state index contributed by atoms with van der Waals surface area (Å²) in [5.74, 6) is -0.532. The van der Waals surface area contributed by atoms with Gasteiger partial charge >= 0.3 is 0 Å². The van der Waals surface area contributed by atoms with E-state index < -0.39 is 16.4 Å². The molecule has 1 saturated heterocycles. The Morgan fingerprint density at radius 2 is 2.09 bits per heavy atom. The third-order valence-corrected chi connectivity index (χ3v) is 5.08. The standard InChI is InChI=1S/C22H28N6O5/c1-22(2,30)3-4-24-12-15-10-19(20(11-18(15)23)27-5-7-33-8-6-27)26-21(29)16-9-17(28(31)32)14-25-13-16/h9-14,30H,3-8,23H2,1-2H3,(H,26,29). The zero-order valence-electron chi connectivity index (χ0n) is 18.7. The number of nitrogens with two attached hydrogens (primary N) is 1. The van der Waals surface area contributed by atoms with Gasteiger partial charge in [-0.25, -0.2) is 0 Å². The van der Waals surface area contributed by atoms with Crippen molar-refractivity contribution in [3.05, 3.63) is 51.8 Å². The van der Waals surface area contributed by atoms with E-state index in [1.165, 1.54) is 12.3 Å². The van der Waals surface area contributed by atoms with Gasteiger partial charge in [0.15, 0.2) is 0 Å². The van der Waals surface area contributed by atoms with Crippen molar-refractivity contribution in [1.29, 1.82) is 0 Å². The van der Waals surface area contributed by atoms with E-state index in [1.807, 2.05) is 0 Å². The summed E-state index contributed by atoms with van der Waals surface area (Å²) in [6, 6.07) is 4.66. The molecule has 11 nitrogen and oxygen atoms in total. The second-order valence-corrected chi connectivity index (χ2v) is 8.34. The Hall–Kier alpha value is -3.57. The van der Waals surface area contributed by atoms with Crippen LogP contribution in [0.1, 0.15) is 36.2 Å². The third-order valence-electron chi connectivity index (χ3n) is 5.08. The molecule has 11 heteroatoms. The van der Waals surface area contributed by atoms with Crippen LogP contribution in [0.25, 0.3) is 0 Å². The molecule has 176 valence electrons. The van der Waals surface area contributed by atoms with E-state index in [0.717, 1.165) is 11.9 Å². The second kappa shape index (κ2) is 10.4. The number of nitro groups is 1. The van der Waals surface area contributed by atoms with Gasteiger partial charge in [0.2, 0.25) is 0 Å². The molecule has 2 heterocycles. The van der Waals surface area contributed by atoms with Gasteiger partial charge in [-0.2, -0.15) is 0 Å². The van der Waals surface area contributed by atoms with Crippen LogP contribution in [0, 0.1) is 10.1 Å². The highest BCUT2D eigenvalue weighted by Gasteiger charge is 2.20. The van der Waals surface area contributed by atoms with Crippen LogP contribution in [0.4, 0.5) is 22.7 Å². The summed E-state index contributed by atoms with van der Waals surface area (Å²) in [7, 11) is 0. The van der Waals surface area contributed by atoms with Gasteiger partial charge in [-0.3, -0.25) is 24.9 Å². The maximum Gasteiger partial charge on any atom is 0.288 e. The lowest BCUT2D eigenvalue weighted by Gasteiger charge is -2.31. The number of pyridine rings is 1. The van der Waals surface area contributed by atoms with Gasteiger partial charge < -0.3 is 25.8 Å². The number of aromatic nitrogens is 1. The zero-order valence-corrected chi connectivity index (χ0v) is 18.7. The molecule has 1 aliphatic rings. The Morgan fingerprint density at radius 3 is 2.76 bits per heavy atom. The predicted octanol–water partition coefficient (Wildman–Crippen LogP) is 2.24. The Kier molecular flexibility index (Phi) is 7.56. The fourth-order valence-electron chi connectivity index (χ4n) is 3.25. The molecule has 4 N–H and O–H groups in total. The summed E-state index contributed by atoms with van der Waals surface area (Å²) in [6.07, 6.45) is 4.45. The first kappa shape index (κ1) is 24.1. The maximum atomic E-state index is 12.9. The molecule has 0 saturated carbocycles. The van der Waals surface area contributed by atoms with E-state index in [9.17, 15) is 20.0 Å². The van der Waals surface area contributed by atoms with Gasteiger partial charge in [0.25, 0.3) is 11.6 Å². The molecule has 0 radical (unpaired) electrons. The van der Waals surface area contributed by atoms with E-state index >= 15 is 0 Å². The summed E-state index contributed by atoms with van der Waals surface area (Å²) in [6.45, 7) is 6.17. The van der Waals surface area contributed by atoms with Crippen molar-refractivity contribution < 1.29 is 19.6 Å². The summed E-state index contributed by atoms with van der Waals surface area (Å²) in [4.78, 5) is 33.5. The lowest BCUT2D eigenvalue weighted by Crippen LogP contribution is -2.37. The minimum Gasteiger partial charge on any atom is -0.398 e. The number of rotatable bonds is 8. The Labute approximate surface area is 191 Å². The summed E-state index contributed by atoms with van der Waals surface area (Å²) in [5.41, 5.74) is 7.54. The Balaban J connectivity index is 1.90. The van der Waals surface area contributed by atoms with E-state index in [-0.39, 0.29) is 11.3 Å². The molecule has 0 spiro atoms. The molecule has 3 rings (SSSR count). The summed E-state index contributed by atoms with van der Waals surface area (Å²) >= 11 is 0. The Morgan fingerprint density at radius 1 is 1.36 bits per heavy atom. The van der Waals surface area contributed by atoms with Gasteiger partial charge in [-0.1, -0.05) is 0 Å². The molecule has 1 fully saturated rings. The van der Waals surface area contributed by atoms with Crippen LogP contribution >= 0.6 is 0 Å². The van der Waals surface area contributed by atoms with E-state index in [0.29, 0.717) is 56.2 Å². The van der Waals surface area contributed by atoms with Crippen molar-refractivity contribution >= 4 is 34.9 Å². The molecule has 1 aliphatic heterocycles. The monoisotopic (exact) mass is 456 g/mol. The summed E-state index contributed by atoms with van der Waals surface area (Å²) in [5, 5.41) is 23.7. The molecular weight excluding hydrogens is 428 g/mol. The van der Waals surface area contributed by atoms with Crippen LogP contribution < -0.4 is 16.0 Å². The SMILES string of the molecule is CC(C)(O)CCN=Cc1cc(NC(=O)c2cncc([N+](=O)[O-])c2)c(N2CCOCC2)cc1N. The lowest BCUT2D eigenvalue weighted by molar-refractivity contribution is -0.385. The average molecular weight is 457 g/mol. The van der Waals surface area contributed by atoms with E-state index in [2.05, 4.69) is 20.2 Å². The van der Waals surface area contributed by atoms with Crippen molar-refractivity contribution in [2.75, 3.05) is 48.8 Å². The lowest BCUT2D eigenvalue weighted by atomic mass is 10.1. The number of carbonyl (C=O) groups is 1. The maximum absolute atomic E-state index is 12.9. The predicted molar refractivity (Wildman–Crippen MR) is 126 cm³/mol. The molecular formula is C22H28N6O5. The number of benzene rings is 1. The van der Waals surface area contributed by atoms with Gasteiger partial charge in [0, 0.05) is 49.4 Å². The van der Waals surface area contributed by atoms with Gasteiger partial charge in [-0.05, 0) is 32.4 Å². The van der Waals surface area contributed by atoms with Gasteiger partial charge in [-0.15, -0.1) is 0 Å². The van der Waals surface area contributed by atoms with Crippen molar-refractivity contribution in [2.45, 2.75) is 25.9 Å². The first-order valence-electron chi connectivity index (χ1n) is 10.5. The quantitative estimate of drug-likeness (QED) is 0.236. The fraction of sp³-hybridized carbons (Fsp3) is 0.409. The Bertz CT molecular complexity index is 1040. The number of amides is 1. The second-order valence-electron chi connectivity index (χ2n) is 8.34. The van der Waals surface area contributed by atoms with Crippen molar-refractivity contribution in [3.63, 3.8) is 0 Å². The largest absolute Gasteiger partial charge is 0.398 e. The van der Waals surface area contributed by atoms with Crippen molar-refractivity contribution in [3.8, 4) is 0 Å². The number of ether oxygens (including phenoxy) is 1. The number of morpholine rings is 1. The van der Waals surface area contributed by atoms with Crippen LogP contribution in [-0.2, 0) is 4.74 Å². The van der Waals surface area contributed by atoms with Crippen LogP contribution in [0.2, 0.25) is 0 Å². The first-order chi connectivity index (χ1) is 15.6. The number of nitrogens with zero attached hydrogens (tertiary/aromatic N) is 4.